The van der Waals surface area contributed by atoms with Crippen LogP contribution in [0.4, 0.5) is 0 Å². The van der Waals surface area contributed by atoms with Gasteiger partial charge in [0.2, 0.25) is 5.91 Å². The van der Waals surface area contributed by atoms with Crippen LogP contribution in [0.5, 0.6) is 0 Å². The van der Waals surface area contributed by atoms with Crippen molar-refractivity contribution in [3.63, 3.8) is 0 Å². The van der Waals surface area contributed by atoms with Gasteiger partial charge in [-0.05, 0) is 30.4 Å². The van der Waals surface area contributed by atoms with Crippen molar-refractivity contribution in [2.75, 3.05) is 0 Å². The van der Waals surface area contributed by atoms with Gasteiger partial charge >= 0.3 is 0 Å². The zero-order valence-electron chi connectivity index (χ0n) is 13.4. The first-order valence-corrected chi connectivity index (χ1v) is 8.34. The summed E-state index contributed by atoms with van der Waals surface area (Å²) in [5.41, 5.74) is 2.37. The molecule has 0 bridgehead atoms. The number of amides is 1. The van der Waals surface area contributed by atoms with Crippen molar-refractivity contribution < 1.29 is 4.79 Å². The van der Waals surface area contributed by atoms with Gasteiger partial charge in [0.25, 0.3) is 0 Å². The van der Waals surface area contributed by atoms with Gasteiger partial charge in [0, 0.05) is 19.0 Å². The molecule has 1 aliphatic rings. The highest BCUT2D eigenvalue weighted by Crippen LogP contribution is 2.23. The van der Waals surface area contributed by atoms with Crippen LogP contribution in [0.3, 0.4) is 0 Å². The fourth-order valence-corrected chi connectivity index (χ4v) is 3.10. The Morgan fingerprint density at radius 1 is 0.870 bits per heavy atom. The van der Waals surface area contributed by atoms with Gasteiger partial charge in [-0.2, -0.15) is 0 Å². The lowest BCUT2D eigenvalue weighted by Gasteiger charge is -2.28. The molecular formula is C21H23NO. The fourth-order valence-electron chi connectivity index (χ4n) is 3.10. The molecule has 1 aliphatic carbocycles. The smallest absolute Gasteiger partial charge is 0.226 e. The Morgan fingerprint density at radius 2 is 1.43 bits per heavy atom. The fraction of sp³-hybridized carbons (Fsp3) is 0.286. The van der Waals surface area contributed by atoms with Gasteiger partial charge in [0.05, 0.1) is 0 Å². The van der Waals surface area contributed by atoms with E-state index in [1.807, 2.05) is 41.3 Å². The Labute approximate surface area is 138 Å². The summed E-state index contributed by atoms with van der Waals surface area (Å²) in [5, 5.41) is 0. The van der Waals surface area contributed by atoms with Crippen LogP contribution >= 0.6 is 0 Å². The lowest BCUT2D eigenvalue weighted by molar-refractivity contribution is -0.137. The van der Waals surface area contributed by atoms with E-state index in [0.29, 0.717) is 13.1 Å². The Morgan fingerprint density at radius 3 is 1.91 bits per heavy atom. The van der Waals surface area contributed by atoms with E-state index in [1.165, 1.54) is 11.1 Å². The molecule has 2 aromatic carbocycles. The van der Waals surface area contributed by atoms with Crippen LogP contribution in [0, 0.1) is 5.92 Å². The van der Waals surface area contributed by atoms with Gasteiger partial charge in [-0.1, -0.05) is 72.8 Å². The van der Waals surface area contributed by atoms with Crippen LogP contribution in [0.15, 0.2) is 72.8 Å². The maximum absolute atomic E-state index is 13.0. The Balaban J connectivity index is 1.77. The zero-order valence-corrected chi connectivity index (χ0v) is 13.4. The summed E-state index contributed by atoms with van der Waals surface area (Å²) < 4.78 is 0. The maximum Gasteiger partial charge on any atom is 0.226 e. The molecule has 0 radical (unpaired) electrons. The van der Waals surface area contributed by atoms with Crippen molar-refractivity contribution in [1.29, 1.82) is 0 Å². The quantitative estimate of drug-likeness (QED) is 0.741. The number of hydrogen-bond acceptors (Lipinski definition) is 1. The summed E-state index contributed by atoms with van der Waals surface area (Å²) in [6.45, 7) is 1.35. The minimum atomic E-state index is 0.132. The van der Waals surface area contributed by atoms with Crippen LogP contribution in [0.2, 0.25) is 0 Å². The first-order chi connectivity index (χ1) is 11.3. The summed E-state index contributed by atoms with van der Waals surface area (Å²) >= 11 is 0. The Hall–Kier alpha value is -2.35. The second kappa shape index (κ2) is 7.77. The molecule has 0 heterocycles. The molecule has 2 aromatic rings. The van der Waals surface area contributed by atoms with E-state index in [2.05, 4.69) is 36.4 Å². The normalized spacial score (nSPS) is 17.0. The lowest BCUT2D eigenvalue weighted by Crippen LogP contribution is -2.35. The van der Waals surface area contributed by atoms with Crippen molar-refractivity contribution in [2.45, 2.75) is 32.4 Å². The predicted molar refractivity (Wildman–Crippen MR) is 93.6 cm³/mol. The molecule has 2 heteroatoms. The highest BCUT2D eigenvalue weighted by atomic mass is 16.2. The average Bonchev–Trinajstić information content (AvgIpc) is 2.63. The van der Waals surface area contributed by atoms with Crippen molar-refractivity contribution in [1.82, 2.24) is 4.90 Å². The van der Waals surface area contributed by atoms with Gasteiger partial charge in [0.15, 0.2) is 0 Å². The molecule has 118 valence electrons. The van der Waals surface area contributed by atoms with Gasteiger partial charge in [0.1, 0.15) is 0 Å². The monoisotopic (exact) mass is 305 g/mol. The summed E-state index contributed by atoms with van der Waals surface area (Å²) in [5.74, 6) is 0.412. The molecule has 0 saturated heterocycles. The molecular weight excluding hydrogens is 282 g/mol. The van der Waals surface area contributed by atoms with Gasteiger partial charge in [-0.3, -0.25) is 4.79 Å². The van der Waals surface area contributed by atoms with Crippen LogP contribution in [0.25, 0.3) is 0 Å². The molecule has 0 N–H and O–H groups in total. The van der Waals surface area contributed by atoms with Crippen LogP contribution in [0.1, 0.15) is 30.4 Å². The third-order valence-corrected chi connectivity index (χ3v) is 4.36. The van der Waals surface area contributed by atoms with E-state index in [9.17, 15) is 4.79 Å². The number of hydrogen-bond donors (Lipinski definition) is 0. The second-order valence-corrected chi connectivity index (χ2v) is 6.15. The van der Waals surface area contributed by atoms with Crippen LogP contribution in [-0.4, -0.2) is 10.8 Å². The summed E-state index contributed by atoms with van der Waals surface area (Å²) in [6.07, 6.45) is 7.19. The van der Waals surface area contributed by atoms with E-state index in [1.54, 1.807) is 0 Å². The van der Waals surface area contributed by atoms with Crippen LogP contribution < -0.4 is 0 Å². The highest BCUT2D eigenvalue weighted by molar-refractivity contribution is 5.79. The third-order valence-electron chi connectivity index (χ3n) is 4.36. The third kappa shape index (κ3) is 4.32. The van der Waals surface area contributed by atoms with Gasteiger partial charge in [-0.15, -0.1) is 0 Å². The minimum Gasteiger partial charge on any atom is -0.334 e. The van der Waals surface area contributed by atoms with E-state index in [0.717, 1.165) is 19.3 Å². The lowest BCUT2D eigenvalue weighted by atomic mass is 9.92. The molecule has 0 aliphatic heterocycles. The van der Waals surface area contributed by atoms with E-state index in [-0.39, 0.29) is 11.8 Å². The Kier molecular flexibility index (Phi) is 5.25. The largest absolute Gasteiger partial charge is 0.334 e. The number of allylic oxidation sites excluding steroid dienone is 2. The second-order valence-electron chi connectivity index (χ2n) is 6.15. The van der Waals surface area contributed by atoms with E-state index >= 15 is 0 Å². The topological polar surface area (TPSA) is 20.3 Å². The van der Waals surface area contributed by atoms with Crippen LogP contribution in [-0.2, 0) is 17.9 Å². The molecule has 2 nitrogen and oxygen atoms in total. The van der Waals surface area contributed by atoms with E-state index in [4.69, 9.17) is 0 Å². The molecule has 1 amide bonds. The minimum absolute atomic E-state index is 0.132. The molecule has 0 aromatic heterocycles. The summed E-state index contributed by atoms with van der Waals surface area (Å²) in [6, 6.07) is 20.5. The zero-order chi connectivity index (χ0) is 15.9. The summed E-state index contributed by atoms with van der Waals surface area (Å²) in [4.78, 5) is 15.0. The number of nitrogens with zero attached hydrogens (tertiary/aromatic N) is 1. The molecule has 0 spiro atoms. The molecule has 23 heavy (non-hydrogen) atoms. The number of benzene rings is 2. The first-order valence-electron chi connectivity index (χ1n) is 8.34. The number of carbonyl (C=O) groups is 1. The molecule has 3 rings (SSSR count). The standard InChI is InChI=1S/C21H23NO/c23-21(20-14-8-3-9-15-20)22(16-18-10-4-1-5-11-18)17-19-12-6-2-7-13-19/h1-8,10-13,20H,9,14-17H2. The Bertz CT molecular complexity index is 607. The van der Waals surface area contributed by atoms with Crippen molar-refractivity contribution in [2.24, 2.45) is 5.92 Å². The molecule has 0 fully saturated rings. The van der Waals surface area contributed by atoms with Gasteiger partial charge < -0.3 is 4.90 Å². The van der Waals surface area contributed by atoms with Crippen molar-refractivity contribution in [3.8, 4) is 0 Å². The number of rotatable bonds is 5. The molecule has 0 saturated carbocycles. The van der Waals surface area contributed by atoms with E-state index < -0.39 is 0 Å². The van der Waals surface area contributed by atoms with Crippen molar-refractivity contribution >= 4 is 5.91 Å². The summed E-state index contributed by atoms with van der Waals surface area (Å²) in [7, 11) is 0. The highest BCUT2D eigenvalue weighted by Gasteiger charge is 2.24. The molecule has 1 atom stereocenters. The first kappa shape index (κ1) is 15.5. The van der Waals surface area contributed by atoms with Crippen molar-refractivity contribution in [3.05, 3.63) is 83.9 Å². The SMILES string of the molecule is O=C(C1CC=CCC1)N(Cc1ccccc1)Cc1ccccc1. The number of carbonyl (C=O) groups excluding carboxylic acids is 1. The maximum atomic E-state index is 13.0. The average molecular weight is 305 g/mol. The molecule has 1 unspecified atom stereocenters. The van der Waals surface area contributed by atoms with Gasteiger partial charge in [-0.25, -0.2) is 0 Å². The predicted octanol–water partition coefficient (Wildman–Crippen LogP) is 4.57.